The smallest absolute Gasteiger partial charge is 0.150 e. The lowest BCUT2D eigenvalue weighted by atomic mass is 10.2. The summed E-state index contributed by atoms with van der Waals surface area (Å²) < 4.78 is 5.76. The predicted molar refractivity (Wildman–Crippen MR) is 74.4 cm³/mol. The number of aldehydes is 1. The largest absolute Gasteiger partial charge is 0.375 e. The van der Waals surface area contributed by atoms with Crippen molar-refractivity contribution in [1.29, 1.82) is 0 Å². The van der Waals surface area contributed by atoms with Crippen molar-refractivity contribution in [3.05, 3.63) is 29.8 Å². The predicted octanol–water partition coefficient (Wildman–Crippen LogP) is 2.31. The van der Waals surface area contributed by atoms with Crippen molar-refractivity contribution >= 4 is 18.0 Å². The number of thioether (sulfide) groups is 1. The Morgan fingerprint density at radius 3 is 2.89 bits per heavy atom. The molecule has 0 N–H and O–H groups in total. The van der Waals surface area contributed by atoms with Gasteiger partial charge in [0.05, 0.1) is 12.7 Å². The number of benzene rings is 1. The first-order valence-electron chi connectivity index (χ1n) is 6.34. The van der Waals surface area contributed by atoms with E-state index in [1.165, 1.54) is 4.90 Å². The molecule has 18 heavy (non-hydrogen) atoms. The van der Waals surface area contributed by atoms with E-state index < -0.39 is 0 Å². The molecule has 1 aliphatic rings. The quantitative estimate of drug-likeness (QED) is 0.603. The lowest BCUT2D eigenvalue weighted by Crippen LogP contribution is -2.43. The highest BCUT2D eigenvalue weighted by atomic mass is 32.2. The lowest BCUT2D eigenvalue weighted by Gasteiger charge is -2.31. The molecule has 1 saturated heterocycles. The highest BCUT2D eigenvalue weighted by Gasteiger charge is 2.19. The molecule has 98 valence electrons. The first-order valence-corrected chi connectivity index (χ1v) is 7.32. The minimum atomic E-state index is 0.314. The third kappa shape index (κ3) is 3.83. The summed E-state index contributed by atoms with van der Waals surface area (Å²) in [5.41, 5.74) is 0.727. The van der Waals surface area contributed by atoms with Crippen LogP contribution in [0.15, 0.2) is 29.2 Å². The first-order chi connectivity index (χ1) is 8.81. The van der Waals surface area contributed by atoms with Crippen LogP contribution in [-0.2, 0) is 4.74 Å². The molecule has 1 atom stereocenters. The van der Waals surface area contributed by atoms with E-state index in [0.29, 0.717) is 6.10 Å². The molecule has 2 rings (SSSR count). The van der Waals surface area contributed by atoms with E-state index >= 15 is 0 Å². The van der Waals surface area contributed by atoms with Gasteiger partial charge in [-0.3, -0.25) is 9.69 Å². The van der Waals surface area contributed by atoms with Crippen molar-refractivity contribution in [1.82, 2.24) is 4.90 Å². The van der Waals surface area contributed by atoms with Crippen LogP contribution >= 0.6 is 11.8 Å². The summed E-state index contributed by atoms with van der Waals surface area (Å²) in [6.45, 7) is 6.19. The fourth-order valence-electron chi connectivity index (χ4n) is 2.00. The van der Waals surface area contributed by atoms with E-state index in [2.05, 4.69) is 11.8 Å². The lowest BCUT2D eigenvalue weighted by molar-refractivity contribution is -0.0137. The van der Waals surface area contributed by atoms with Gasteiger partial charge < -0.3 is 4.74 Å². The highest BCUT2D eigenvalue weighted by Crippen LogP contribution is 2.21. The molecule has 1 heterocycles. The maximum Gasteiger partial charge on any atom is 0.150 e. The van der Waals surface area contributed by atoms with Gasteiger partial charge in [0, 0.05) is 29.3 Å². The maximum atomic E-state index is 10.6. The summed E-state index contributed by atoms with van der Waals surface area (Å²) in [7, 11) is 0. The van der Waals surface area contributed by atoms with Gasteiger partial charge in [-0.05, 0) is 18.7 Å². The molecule has 0 saturated carbocycles. The van der Waals surface area contributed by atoms with Crippen molar-refractivity contribution in [2.45, 2.75) is 17.9 Å². The van der Waals surface area contributed by atoms with Gasteiger partial charge in [-0.2, -0.15) is 0 Å². The van der Waals surface area contributed by atoms with Crippen LogP contribution in [0.2, 0.25) is 0 Å². The number of hydrogen-bond acceptors (Lipinski definition) is 4. The number of carbonyl (C=O) groups excluding carboxylic acids is 1. The summed E-state index contributed by atoms with van der Waals surface area (Å²) in [4.78, 5) is 14.2. The number of hydrogen-bond donors (Lipinski definition) is 0. The molecule has 0 radical (unpaired) electrons. The average molecular weight is 265 g/mol. The van der Waals surface area contributed by atoms with Crippen molar-refractivity contribution < 1.29 is 9.53 Å². The molecule has 1 aromatic carbocycles. The van der Waals surface area contributed by atoms with Crippen molar-refractivity contribution in [3.8, 4) is 0 Å². The monoisotopic (exact) mass is 265 g/mol. The standard InChI is InChI=1S/C14H19NO2S/c1-2-15-7-8-17-13(9-15)11-18-14-5-3-12(10-16)4-6-14/h3-6,10,13H,2,7-9,11H2,1H3. The Labute approximate surface area is 113 Å². The van der Waals surface area contributed by atoms with Crippen LogP contribution in [0.5, 0.6) is 0 Å². The van der Waals surface area contributed by atoms with Crippen molar-refractivity contribution in [2.24, 2.45) is 0 Å². The van der Waals surface area contributed by atoms with Crippen LogP contribution in [0, 0.1) is 0 Å². The second-order valence-electron chi connectivity index (χ2n) is 4.38. The van der Waals surface area contributed by atoms with Gasteiger partial charge in [0.1, 0.15) is 6.29 Å². The summed E-state index contributed by atoms with van der Waals surface area (Å²) in [6.07, 6.45) is 1.19. The molecule has 0 spiro atoms. The summed E-state index contributed by atoms with van der Waals surface area (Å²) >= 11 is 1.79. The number of morpholine rings is 1. The SMILES string of the molecule is CCN1CCOC(CSc2ccc(C=O)cc2)C1. The van der Waals surface area contributed by atoms with Gasteiger partial charge >= 0.3 is 0 Å². The van der Waals surface area contributed by atoms with E-state index in [0.717, 1.165) is 43.8 Å². The van der Waals surface area contributed by atoms with Crippen LogP contribution in [0.25, 0.3) is 0 Å². The molecular weight excluding hydrogens is 246 g/mol. The normalized spacial score (nSPS) is 20.8. The van der Waals surface area contributed by atoms with Crippen LogP contribution in [0.1, 0.15) is 17.3 Å². The second kappa shape index (κ2) is 6.92. The van der Waals surface area contributed by atoms with Crippen LogP contribution in [-0.4, -0.2) is 49.3 Å². The fourth-order valence-corrected chi connectivity index (χ4v) is 2.91. The Kier molecular flexibility index (Phi) is 5.23. The van der Waals surface area contributed by atoms with Crippen molar-refractivity contribution in [2.75, 3.05) is 32.0 Å². The number of ether oxygens (including phenoxy) is 1. The number of nitrogens with zero attached hydrogens (tertiary/aromatic N) is 1. The minimum Gasteiger partial charge on any atom is -0.375 e. The zero-order valence-corrected chi connectivity index (χ0v) is 11.5. The molecule has 3 nitrogen and oxygen atoms in total. The minimum absolute atomic E-state index is 0.314. The van der Waals surface area contributed by atoms with Gasteiger partial charge in [-0.25, -0.2) is 0 Å². The number of rotatable bonds is 5. The van der Waals surface area contributed by atoms with Crippen LogP contribution in [0.4, 0.5) is 0 Å². The number of likely N-dealkylation sites (N-methyl/N-ethyl adjacent to an activating group) is 1. The summed E-state index contributed by atoms with van der Waals surface area (Å²) in [6, 6.07) is 7.70. The van der Waals surface area contributed by atoms with Crippen LogP contribution in [0.3, 0.4) is 0 Å². The first kappa shape index (κ1) is 13.6. The molecule has 0 amide bonds. The Balaban J connectivity index is 1.81. The molecule has 0 aliphatic carbocycles. The van der Waals surface area contributed by atoms with E-state index in [1.54, 1.807) is 11.8 Å². The molecule has 1 aliphatic heterocycles. The Morgan fingerprint density at radius 1 is 1.44 bits per heavy atom. The zero-order valence-electron chi connectivity index (χ0n) is 10.7. The molecule has 1 unspecified atom stereocenters. The number of carbonyl (C=O) groups is 1. The molecule has 0 bridgehead atoms. The zero-order chi connectivity index (χ0) is 12.8. The van der Waals surface area contributed by atoms with Gasteiger partial charge in [-0.15, -0.1) is 11.8 Å². The second-order valence-corrected chi connectivity index (χ2v) is 5.48. The van der Waals surface area contributed by atoms with E-state index in [1.807, 2.05) is 24.3 Å². The Bertz CT molecular complexity index is 380. The van der Waals surface area contributed by atoms with E-state index in [9.17, 15) is 4.79 Å². The maximum absolute atomic E-state index is 10.6. The summed E-state index contributed by atoms with van der Waals surface area (Å²) in [5.74, 6) is 0.969. The fraction of sp³-hybridized carbons (Fsp3) is 0.500. The van der Waals surface area contributed by atoms with E-state index in [-0.39, 0.29) is 0 Å². The van der Waals surface area contributed by atoms with Crippen LogP contribution < -0.4 is 0 Å². The molecule has 4 heteroatoms. The Hall–Kier alpha value is -0.840. The molecular formula is C14H19NO2S. The van der Waals surface area contributed by atoms with Gasteiger partial charge in [0.25, 0.3) is 0 Å². The van der Waals surface area contributed by atoms with Gasteiger partial charge in [0.15, 0.2) is 0 Å². The average Bonchev–Trinajstić information content (AvgIpc) is 2.46. The Morgan fingerprint density at radius 2 is 2.22 bits per heavy atom. The third-order valence-electron chi connectivity index (χ3n) is 3.12. The van der Waals surface area contributed by atoms with Gasteiger partial charge in [-0.1, -0.05) is 19.1 Å². The molecule has 1 aromatic rings. The highest BCUT2D eigenvalue weighted by molar-refractivity contribution is 7.99. The van der Waals surface area contributed by atoms with Crippen molar-refractivity contribution in [3.63, 3.8) is 0 Å². The van der Waals surface area contributed by atoms with E-state index in [4.69, 9.17) is 4.74 Å². The topological polar surface area (TPSA) is 29.5 Å². The van der Waals surface area contributed by atoms with Gasteiger partial charge in [0.2, 0.25) is 0 Å². The molecule has 0 aromatic heterocycles. The molecule has 1 fully saturated rings. The third-order valence-corrected chi connectivity index (χ3v) is 4.27. The summed E-state index contributed by atoms with van der Waals surface area (Å²) in [5, 5.41) is 0.